The minimum absolute atomic E-state index is 0.0687. The van der Waals surface area contributed by atoms with Crippen molar-refractivity contribution in [1.82, 2.24) is 0 Å². The Morgan fingerprint density at radius 1 is 1.05 bits per heavy atom. The summed E-state index contributed by atoms with van der Waals surface area (Å²) in [5.41, 5.74) is 8.46. The summed E-state index contributed by atoms with van der Waals surface area (Å²) >= 11 is 0. The van der Waals surface area contributed by atoms with Crippen molar-refractivity contribution in [3.8, 4) is 0 Å². The predicted molar refractivity (Wildman–Crippen MR) is 80.0 cm³/mol. The molecule has 0 radical (unpaired) electrons. The highest BCUT2D eigenvalue weighted by Gasteiger charge is 2.19. The lowest BCUT2D eigenvalue weighted by Gasteiger charge is -2.21. The van der Waals surface area contributed by atoms with Crippen LogP contribution in [0.15, 0.2) is 5.11 Å². The Labute approximate surface area is 117 Å². The molecule has 110 valence electrons. The average molecular weight is 267 g/mol. The highest BCUT2D eigenvalue weighted by molar-refractivity contribution is 5.54. The average Bonchev–Trinajstić information content (AvgIpc) is 2.43. The molecule has 19 heavy (non-hydrogen) atoms. The quantitative estimate of drug-likeness (QED) is 0.147. The molecule has 0 aliphatic carbocycles. The van der Waals surface area contributed by atoms with E-state index in [1.54, 1.807) is 0 Å². The first-order valence-corrected chi connectivity index (χ1v) is 7.76. The molecular weight excluding hydrogens is 238 g/mol. The second kappa shape index (κ2) is 13.4. The van der Waals surface area contributed by atoms with Gasteiger partial charge in [-0.05, 0) is 24.3 Å². The normalized spacial score (nSPS) is 13.6. The minimum Gasteiger partial charge on any atom is -0.303 e. The summed E-state index contributed by atoms with van der Waals surface area (Å²) in [6, 6.07) is 0. The number of rotatable bonds is 13. The van der Waals surface area contributed by atoms with Gasteiger partial charge in [0.15, 0.2) is 0 Å². The summed E-state index contributed by atoms with van der Waals surface area (Å²) in [4.78, 5) is 14.1. The van der Waals surface area contributed by atoms with Gasteiger partial charge in [0.2, 0.25) is 0 Å². The molecule has 2 atom stereocenters. The minimum atomic E-state index is 0.0687. The van der Waals surface area contributed by atoms with Crippen molar-refractivity contribution >= 4 is 6.29 Å². The van der Waals surface area contributed by atoms with Gasteiger partial charge in [-0.15, -0.1) is 0 Å². The van der Waals surface area contributed by atoms with Crippen LogP contribution in [0.2, 0.25) is 0 Å². The summed E-state index contributed by atoms with van der Waals surface area (Å²) in [5.74, 6) is 0.306. The standard InChI is InChI=1S/C15H29N3O/c1-3-5-7-9-11-15(13-19)14(12-17-18-16)10-8-6-4-2/h13-15H,3-12H2,1-2H3/t14-,15+/m1/s1. The monoisotopic (exact) mass is 267 g/mol. The van der Waals surface area contributed by atoms with Crippen LogP contribution in [0.4, 0.5) is 0 Å². The van der Waals surface area contributed by atoms with Crippen molar-refractivity contribution in [2.24, 2.45) is 17.0 Å². The Balaban J connectivity index is 4.22. The lowest BCUT2D eigenvalue weighted by molar-refractivity contribution is -0.112. The molecule has 0 aliphatic heterocycles. The van der Waals surface area contributed by atoms with E-state index in [9.17, 15) is 4.79 Å². The molecule has 0 N–H and O–H groups in total. The third-order valence-corrected chi connectivity index (χ3v) is 3.73. The van der Waals surface area contributed by atoms with E-state index in [1.165, 1.54) is 32.1 Å². The van der Waals surface area contributed by atoms with Crippen LogP contribution in [-0.2, 0) is 4.79 Å². The van der Waals surface area contributed by atoms with Crippen LogP contribution < -0.4 is 0 Å². The molecule has 4 nitrogen and oxygen atoms in total. The Hall–Kier alpha value is -1.02. The lowest BCUT2D eigenvalue weighted by Crippen LogP contribution is -2.19. The van der Waals surface area contributed by atoms with E-state index in [0.29, 0.717) is 6.54 Å². The van der Waals surface area contributed by atoms with E-state index in [-0.39, 0.29) is 11.8 Å². The summed E-state index contributed by atoms with van der Waals surface area (Å²) in [6.07, 6.45) is 11.3. The molecule has 0 aliphatic rings. The van der Waals surface area contributed by atoms with Crippen molar-refractivity contribution in [2.45, 2.75) is 71.6 Å². The zero-order valence-electron chi connectivity index (χ0n) is 12.6. The second-order valence-electron chi connectivity index (χ2n) is 5.32. The number of azide groups is 1. The molecule has 0 saturated carbocycles. The van der Waals surface area contributed by atoms with Gasteiger partial charge in [-0.3, -0.25) is 0 Å². The second-order valence-corrected chi connectivity index (χ2v) is 5.32. The molecule has 0 bridgehead atoms. The van der Waals surface area contributed by atoms with E-state index in [1.807, 2.05) is 0 Å². The van der Waals surface area contributed by atoms with E-state index in [2.05, 4.69) is 23.9 Å². The van der Waals surface area contributed by atoms with E-state index < -0.39 is 0 Å². The SMILES string of the molecule is CCCCCC[C@@H](C=O)[C@H](CCCCC)CN=[N+]=[N-]. The maximum absolute atomic E-state index is 11.3. The Kier molecular flexibility index (Phi) is 12.7. The third kappa shape index (κ3) is 9.54. The molecule has 0 heterocycles. The zero-order valence-corrected chi connectivity index (χ0v) is 12.6. The van der Waals surface area contributed by atoms with Gasteiger partial charge in [-0.1, -0.05) is 63.9 Å². The summed E-state index contributed by atoms with van der Waals surface area (Å²) < 4.78 is 0. The van der Waals surface area contributed by atoms with Crippen LogP contribution in [0.25, 0.3) is 10.4 Å². The van der Waals surface area contributed by atoms with Crippen LogP contribution >= 0.6 is 0 Å². The Bertz CT molecular complexity index is 262. The molecule has 0 unspecified atom stereocenters. The van der Waals surface area contributed by atoms with Gasteiger partial charge in [-0.2, -0.15) is 0 Å². The maximum atomic E-state index is 11.3. The molecule has 0 aromatic carbocycles. The third-order valence-electron chi connectivity index (χ3n) is 3.73. The molecule has 0 saturated heterocycles. The van der Waals surface area contributed by atoms with Crippen molar-refractivity contribution < 1.29 is 4.79 Å². The topological polar surface area (TPSA) is 65.8 Å². The smallest absolute Gasteiger partial charge is 0.123 e. The Morgan fingerprint density at radius 3 is 2.26 bits per heavy atom. The van der Waals surface area contributed by atoms with E-state index in [4.69, 9.17) is 5.53 Å². The molecule has 4 heteroatoms. The molecule has 0 spiro atoms. The predicted octanol–water partition coefficient (Wildman–Crippen LogP) is 5.28. The number of unbranched alkanes of at least 4 members (excludes halogenated alkanes) is 5. The van der Waals surface area contributed by atoms with Crippen molar-refractivity contribution in [3.05, 3.63) is 10.4 Å². The summed E-state index contributed by atoms with van der Waals surface area (Å²) in [5, 5.41) is 3.69. The van der Waals surface area contributed by atoms with Crippen molar-refractivity contribution in [1.29, 1.82) is 0 Å². The number of nitrogens with zero attached hydrogens (tertiary/aromatic N) is 3. The van der Waals surface area contributed by atoms with Gasteiger partial charge in [0.1, 0.15) is 6.29 Å². The van der Waals surface area contributed by atoms with Crippen LogP contribution in [0.3, 0.4) is 0 Å². The number of hydrogen-bond acceptors (Lipinski definition) is 2. The number of carbonyl (C=O) groups excluding carboxylic acids is 1. The fourth-order valence-corrected chi connectivity index (χ4v) is 2.46. The van der Waals surface area contributed by atoms with Gasteiger partial charge in [-0.25, -0.2) is 0 Å². The maximum Gasteiger partial charge on any atom is 0.123 e. The molecular formula is C15H29N3O. The Morgan fingerprint density at radius 2 is 1.68 bits per heavy atom. The fourth-order valence-electron chi connectivity index (χ4n) is 2.46. The first kappa shape index (κ1) is 18.0. The van der Waals surface area contributed by atoms with Crippen molar-refractivity contribution in [3.63, 3.8) is 0 Å². The van der Waals surface area contributed by atoms with Gasteiger partial charge in [0.25, 0.3) is 0 Å². The fraction of sp³-hybridized carbons (Fsp3) is 0.933. The number of carbonyl (C=O) groups is 1. The van der Waals surface area contributed by atoms with Crippen LogP contribution in [0, 0.1) is 11.8 Å². The molecule has 0 aromatic heterocycles. The van der Waals surface area contributed by atoms with Gasteiger partial charge in [0.05, 0.1) is 0 Å². The first-order chi connectivity index (χ1) is 9.29. The number of hydrogen-bond donors (Lipinski definition) is 0. The highest BCUT2D eigenvalue weighted by atomic mass is 16.1. The molecule has 0 aromatic rings. The largest absolute Gasteiger partial charge is 0.303 e. The van der Waals surface area contributed by atoms with Crippen LogP contribution in [-0.4, -0.2) is 12.8 Å². The molecule has 0 fully saturated rings. The number of aldehydes is 1. The summed E-state index contributed by atoms with van der Waals surface area (Å²) in [6.45, 7) is 4.83. The van der Waals surface area contributed by atoms with E-state index >= 15 is 0 Å². The van der Waals surface area contributed by atoms with Crippen LogP contribution in [0.5, 0.6) is 0 Å². The lowest BCUT2D eigenvalue weighted by atomic mass is 9.85. The van der Waals surface area contributed by atoms with Gasteiger partial charge >= 0.3 is 0 Å². The molecule has 0 amide bonds. The first-order valence-electron chi connectivity index (χ1n) is 7.76. The highest BCUT2D eigenvalue weighted by Crippen LogP contribution is 2.24. The van der Waals surface area contributed by atoms with Gasteiger partial charge in [0, 0.05) is 17.4 Å². The zero-order chi connectivity index (χ0) is 14.3. The van der Waals surface area contributed by atoms with Crippen LogP contribution in [0.1, 0.15) is 71.6 Å². The summed E-state index contributed by atoms with van der Waals surface area (Å²) in [7, 11) is 0. The molecule has 0 rings (SSSR count). The van der Waals surface area contributed by atoms with Gasteiger partial charge < -0.3 is 4.79 Å². The van der Waals surface area contributed by atoms with Crippen molar-refractivity contribution in [2.75, 3.05) is 6.54 Å². The van der Waals surface area contributed by atoms with E-state index in [0.717, 1.165) is 32.0 Å².